The van der Waals surface area contributed by atoms with E-state index in [0.29, 0.717) is 0 Å². The van der Waals surface area contributed by atoms with Gasteiger partial charge in [0.1, 0.15) is 0 Å². The van der Waals surface area contributed by atoms with Gasteiger partial charge in [-0.25, -0.2) is 8.78 Å². The van der Waals surface area contributed by atoms with Crippen LogP contribution in [0.5, 0.6) is 0 Å². The standard InChI is InChI=1S/C10H13F2NO3/c11-8(12)5-13-9(14)6-3-1-2-4-7(6)10(15)16/h1-2,6-8H,3-5H2,(H,13,14)(H,15,16)/t6-,7+/m1/s1. The topological polar surface area (TPSA) is 66.4 Å². The summed E-state index contributed by atoms with van der Waals surface area (Å²) in [6.45, 7) is -0.731. The van der Waals surface area contributed by atoms with Crippen LogP contribution < -0.4 is 5.32 Å². The Bertz CT molecular complexity index is 304. The lowest BCUT2D eigenvalue weighted by atomic mass is 9.82. The van der Waals surface area contributed by atoms with Crippen LogP contribution in [0.3, 0.4) is 0 Å². The van der Waals surface area contributed by atoms with Gasteiger partial charge in [0, 0.05) is 0 Å². The molecule has 0 saturated carbocycles. The van der Waals surface area contributed by atoms with Crippen LogP contribution in [0.1, 0.15) is 12.8 Å². The third kappa shape index (κ3) is 3.29. The smallest absolute Gasteiger partial charge is 0.307 e. The van der Waals surface area contributed by atoms with E-state index in [9.17, 15) is 18.4 Å². The molecule has 0 aromatic heterocycles. The first-order valence-electron chi connectivity index (χ1n) is 4.96. The van der Waals surface area contributed by atoms with Crippen LogP contribution in [0.15, 0.2) is 12.2 Å². The molecule has 4 nitrogen and oxygen atoms in total. The summed E-state index contributed by atoms with van der Waals surface area (Å²) in [5, 5.41) is 10.9. The van der Waals surface area contributed by atoms with Gasteiger partial charge in [0.15, 0.2) is 0 Å². The van der Waals surface area contributed by atoms with Crippen molar-refractivity contribution >= 4 is 11.9 Å². The summed E-state index contributed by atoms with van der Waals surface area (Å²) in [4.78, 5) is 22.3. The lowest BCUT2D eigenvalue weighted by Gasteiger charge is -2.24. The van der Waals surface area contributed by atoms with Crippen molar-refractivity contribution in [3.8, 4) is 0 Å². The van der Waals surface area contributed by atoms with Crippen molar-refractivity contribution in [2.24, 2.45) is 11.8 Å². The second-order valence-corrected chi connectivity index (χ2v) is 3.63. The normalized spacial score (nSPS) is 24.4. The van der Waals surface area contributed by atoms with Crippen LogP contribution in [0.4, 0.5) is 8.78 Å². The van der Waals surface area contributed by atoms with E-state index in [0.717, 1.165) is 0 Å². The molecule has 1 rings (SSSR count). The van der Waals surface area contributed by atoms with Gasteiger partial charge >= 0.3 is 5.97 Å². The number of carbonyl (C=O) groups excluding carboxylic acids is 1. The van der Waals surface area contributed by atoms with Gasteiger partial charge in [-0.15, -0.1) is 0 Å². The number of aliphatic carboxylic acids is 1. The van der Waals surface area contributed by atoms with Crippen LogP contribution in [0.2, 0.25) is 0 Å². The number of nitrogens with one attached hydrogen (secondary N) is 1. The van der Waals surface area contributed by atoms with Gasteiger partial charge in [-0.05, 0) is 12.8 Å². The summed E-state index contributed by atoms with van der Waals surface area (Å²) >= 11 is 0. The fourth-order valence-corrected chi connectivity index (χ4v) is 1.69. The minimum absolute atomic E-state index is 0.266. The second-order valence-electron chi connectivity index (χ2n) is 3.63. The predicted molar refractivity (Wildman–Crippen MR) is 52.0 cm³/mol. The fraction of sp³-hybridized carbons (Fsp3) is 0.600. The molecular weight excluding hydrogens is 220 g/mol. The van der Waals surface area contributed by atoms with Crippen LogP contribution in [-0.2, 0) is 9.59 Å². The summed E-state index contributed by atoms with van der Waals surface area (Å²) in [6.07, 6.45) is 1.32. The molecule has 0 aliphatic heterocycles. The van der Waals surface area contributed by atoms with Gasteiger partial charge in [0.2, 0.25) is 5.91 Å². The number of carbonyl (C=O) groups is 2. The molecule has 6 heteroatoms. The monoisotopic (exact) mass is 233 g/mol. The molecule has 0 spiro atoms. The van der Waals surface area contributed by atoms with E-state index in [2.05, 4.69) is 5.32 Å². The maximum absolute atomic E-state index is 11.9. The van der Waals surface area contributed by atoms with Gasteiger partial charge in [-0.2, -0.15) is 0 Å². The van der Waals surface area contributed by atoms with Crippen molar-refractivity contribution in [2.75, 3.05) is 6.54 Å². The average Bonchev–Trinajstić information content (AvgIpc) is 2.25. The molecule has 1 aliphatic carbocycles. The first kappa shape index (κ1) is 12.6. The minimum Gasteiger partial charge on any atom is -0.481 e. The van der Waals surface area contributed by atoms with E-state index in [1.807, 2.05) is 0 Å². The van der Waals surface area contributed by atoms with E-state index in [4.69, 9.17) is 5.11 Å². The van der Waals surface area contributed by atoms with Crippen LogP contribution in [0, 0.1) is 11.8 Å². The van der Waals surface area contributed by atoms with Crippen molar-refractivity contribution in [3.63, 3.8) is 0 Å². The number of carboxylic acids is 1. The molecule has 0 heterocycles. The predicted octanol–water partition coefficient (Wildman–Crippen LogP) is 1.03. The van der Waals surface area contributed by atoms with Gasteiger partial charge in [-0.1, -0.05) is 12.2 Å². The van der Waals surface area contributed by atoms with E-state index in [1.165, 1.54) is 0 Å². The highest BCUT2D eigenvalue weighted by Gasteiger charge is 2.33. The zero-order valence-corrected chi connectivity index (χ0v) is 8.53. The summed E-state index contributed by atoms with van der Waals surface area (Å²) in [5.41, 5.74) is 0. The maximum atomic E-state index is 11.9. The highest BCUT2D eigenvalue weighted by Crippen LogP contribution is 2.25. The lowest BCUT2D eigenvalue weighted by molar-refractivity contribution is -0.147. The number of rotatable bonds is 4. The van der Waals surface area contributed by atoms with Crippen LogP contribution in [-0.4, -0.2) is 30.0 Å². The third-order valence-corrected chi connectivity index (χ3v) is 2.52. The summed E-state index contributed by atoms with van der Waals surface area (Å²) in [5.74, 6) is -3.25. The molecule has 16 heavy (non-hydrogen) atoms. The molecule has 1 aliphatic rings. The summed E-state index contributed by atoms with van der Waals surface area (Å²) < 4.78 is 23.7. The Morgan fingerprint density at radius 3 is 2.38 bits per heavy atom. The number of halogens is 2. The average molecular weight is 233 g/mol. The molecule has 0 aromatic carbocycles. The molecule has 0 aromatic rings. The molecule has 0 bridgehead atoms. The highest BCUT2D eigenvalue weighted by molar-refractivity contribution is 5.85. The number of amides is 1. The van der Waals surface area contributed by atoms with Crippen molar-refractivity contribution in [3.05, 3.63) is 12.2 Å². The highest BCUT2D eigenvalue weighted by atomic mass is 19.3. The van der Waals surface area contributed by atoms with Crippen molar-refractivity contribution in [1.82, 2.24) is 5.32 Å². The molecular formula is C10H13F2NO3. The quantitative estimate of drug-likeness (QED) is 0.713. The van der Waals surface area contributed by atoms with E-state index < -0.39 is 36.7 Å². The lowest BCUT2D eigenvalue weighted by Crippen LogP contribution is -2.40. The van der Waals surface area contributed by atoms with Gasteiger partial charge in [0.05, 0.1) is 18.4 Å². The minimum atomic E-state index is -2.62. The SMILES string of the molecule is O=C(O)[C@H]1CC=CC[C@H]1C(=O)NCC(F)F. The molecule has 0 saturated heterocycles. The van der Waals surface area contributed by atoms with E-state index in [1.54, 1.807) is 12.2 Å². The van der Waals surface area contributed by atoms with Gasteiger partial charge < -0.3 is 10.4 Å². The number of alkyl halides is 2. The van der Waals surface area contributed by atoms with Crippen molar-refractivity contribution < 1.29 is 23.5 Å². The van der Waals surface area contributed by atoms with E-state index >= 15 is 0 Å². The maximum Gasteiger partial charge on any atom is 0.307 e. The Hall–Kier alpha value is -1.46. The fourth-order valence-electron chi connectivity index (χ4n) is 1.69. The molecule has 0 unspecified atom stereocenters. The Morgan fingerprint density at radius 1 is 1.31 bits per heavy atom. The van der Waals surface area contributed by atoms with Gasteiger partial charge in [0.25, 0.3) is 6.43 Å². The number of allylic oxidation sites excluding steroid dienone is 2. The molecule has 1 amide bonds. The summed E-state index contributed by atoms with van der Waals surface area (Å²) in [6, 6.07) is 0. The molecule has 0 fully saturated rings. The number of carboxylic acid groups (broad SMARTS) is 1. The molecule has 90 valence electrons. The van der Waals surface area contributed by atoms with Crippen LogP contribution in [0.25, 0.3) is 0 Å². The van der Waals surface area contributed by atoms with Crippen LogP contribution >= 0.6 is 0 Å². The van der Waals surface area contributed by atoms with Crippen molar-refractivity contribution in [2.45, 2.75) is 19.3 Å². The second kappa shape index (κ2) is 5.58. The third-order valence-electron chi connectivity index (χ3n) is 2.52. The number of hydrogen-bond acceptors (Lipinski definition) is 2. The molecule has 2 N–H and O–H groups in total. The zero-order chi connectivity index (χ0) is 12.1. The first-order valence-corrected chi connectivity index (χ1v) is 4.96. The zero-order valence-electron chi connectivity index (χ0n) is 8.53. The first-order chi connectivity index (χ1) is 7.52. The Balaban J connectivity index is 2.58. The molecule has 0 radical (unpaired) electrons. The summed E-state index contributed by atoms with van der Waals surface area (Å²) in [7, 11) is 0. The number of hydrogen-bond donors (Lipinski definition) is 2. The Kier molecular flexibility index (Phi) is 4.39. The molecule has 2 atom stereocenters. The van der Waals surface area contributed by atoms with Gasteiger partial charge in [-0.3, -0.25) is 9.59 Å². The Morgan fingerprint density at radius 2 is 1.88 bits per heavy atom. The largest absolute Gasteiger partial charge is 0.481 e. The Labute approximate surface area is 91.3 Å². The van der Waals surface area contributed by atoms with E-state index in [-0.39, 0.29) is 12.8 Å². The van der Waals surface area contributed by atoms with Crippen molar-refractivity contribution in [1.29, 1.82) is 0 Å².